The van der Waals surface area contributed by atoms with E-state index in [0.29, 0.717) is 35.8 Å². The topological polar surface area (TPSA) is 54.9 Å². The van der Waals surface area contributed by atoms with E-state index >= 15 is 0 Å². The Morgan fingerprint density at radius 3 is 2.73 bits per heavy atom. The second-order valence-corrected chi connectivity index (χ2v) is 6.39. The number of ether oxygens (including phenoxy) is 2. The number of guanidine groups is 1. The molecule has 0 amide bonds. The minimum atomic E-state index is -2.88. The molecular weight excluding hydrogens is 455 g/mol. The number of hydrogen-bond acceptors (Lipinski definition) is 3. The highest BCUT2D eigenvalue weighted by atomic mass is 127. The summed E-state index contributed by atoms with van der Waals surface area (Å²) in [5.74, 6) is 1.94. The minimum absolute atomic E-state index is 0. The van der Waals surface area contributed by atoms with E-state index in [2.05, 4.69) is 27.3 Å². The third kappa shape index (κ3) is 7.13. The second-order valence-electron chi connectivity index (χ2n) is 6.39. The molecule has 0 aliphatic heterocycles. The first-order valence-corrected chi connectivity index (χ1v) is 8.60. The Bertz CT molecular complexity index is 588. The molecule has 1 aliphatic carbocycles. The Balaban J connectivity index is 0.00000338. The van der Waals surface area contributed by atoms with Crippen LogP contribution in [0.15, 0.2) is 23.2 Å². The summed E-state index contributed by atoms with van der Waals surface area (Å²) < 4.78 is 34.9. The number of rotatable bonds is 6. The van der Waals surface area contributed by atoms with E-state index in [0.717, 1.165) is 12.8 Å². The van der Waals surface area contributed by atoms with Gasteiger partial charge in [0.05, 0.1) is 7.11 Å². The number of methoxy groups -OCH3 is 1. The zero-order valence-corrected chi connectivity index (χ0v) is 17.8. The van der Waals surface area contributed by atoms with Crippen LogP contribution in [0.1, 0.15) is 38.2 Å². The molecule has 1 saturated carbocycles. The van der Waals surface area contributed by atoms with Gasteiger partial charge in [0, 0.05) is 31.3 Å². The first-order chi connectivity index (χ1) is 12.0. The van der Waals surface area contributed by atoms with E-state index in [-0.39, 0.29) is 29.7 Å². The maximum Gasteiger partial charge on any atom is 0.387 e. The van der Waals surface area contributed by atoms with Gasteiger partial charge in [-0.05, 0) is 30.9 Å². The number of nitrogens with one attached hydrogen (secondary N) is 2. The van der Waals surface area contributed by atoms with Gasteiger partial charge < -0.3 is 20.1 Å². The summed E-state index contributed by atoms with van der Waals surface area (Å²) in [5, 5.41) is 6.59. The van der Waals surface area contributed by atoms with Gasteiger partial charge in [-0.3, -0.25) is 4.99 Å². The Hall–Kier alpha value is -1.32. The molecule has 1 aromatic rings. The van der Waals surface area contributed by atoms with Crippen molar-refractivity contribution in [1.82, 2.24) is 10.6 Å². The summed E-state index contributed by atoms with van der Waals surface area (Å²) in [6.45, 7) is -0.296. The summed E-state index contributed by atoms with van der Waals surface area (Å²) in [6, 6.07) is 5.28. The molecule has 148 valence electrons. The summed E-state index contributed by atoms with van der Waals surface area (Å²) >= 11 is 0. The molecule has 0 radical (unpaired) electrons. The van der Waals surface area contributed by atoms with Gasteiger partial charge in [0.2, 0.25) is 0 Å². The van der Waals surface area contributed by atoms with Gasteiger partial charge in [0.15, 0.2) is 5.96 Å². The van der Waals surface area contributed by atoms with E-state index in [9.17, 15) is 8.78 Å². The fourth-order valence-electron chi connectivity index (χ4n) is 3.15. The van der Waals surface area contributed by atoms with Crippen molar-refractivity contribution in [3.05, 3.63) is 23.8 Å². The molecule has 0 bridgehead atoms. The molecule has 0 heterocycles. The number of halogens is 3. The standard InChI is InChI=1S/C18H27F2N3O2.HI/c1-12-5-4-6-14(9-12)23-18(21-2)22-11-13-7-8-15(24-3)10-16(13)25-17(19)20;/h7-8,10,12,14,17H,4-6,9,11H2,1-3H3,(H2,21,22,23);1H. The molecule has 26 heavy (non-hydrogen) atoms. The maximum absolute atomic E-state index is 12.6. The summed E-state index contributed by atoms with van der Waals surface area (Å²) in [7, 11) is 3.18. The molecule has 2 unspecified atom stereocenters. The highest BCUT2D eigenvalue weighted by Gasteiger charge is 2.19. The van der Waals surface area contributed by atoms with E-state index in [1.165, 1.54) is 26.0 Å². The lowest BCUT2D eigenvalue weighted by Crippen LogP contribution is -2.44. The zero-order valence-electron chi connectivity index (χ0n) is 15.4. The van der Waals surface area contributed by atoms with Crippen molar-refractivity contribution in [2.75, 3.05) is 14.2 Å². The first-order valence-electron chi connectivity index (χ1n) is 8.60. The van der Waals surface area contributed by atoms with Crippen molar-refractivity contribution in [2.24, 2.45) is 10.9 Å². The Morgan fingerprint density at radius 1 is 1.35 bits per heavy atom. The summed E-state index contributed by atoms with van der Waals surface area (Å²) in [4.78, 5) is 4.23. The maximum atomic E-state index is 12.6. The van der Waals surface area contributed by atoms with E-state index < -0.39 is 6.61 Å². The number of aliphatic imine (C=N–C) groups is 1. The Labute approximate surface area is 171 Å². The van der Waals surface area contributed by atoms with Gasteiger partial charge in [-0.1, -0.05) is 19.8 Å². The van der Waals surface area contributed by atoms with Crippen LogP contribution in [0.5, 0.6) is 11.5 Å². The average molecular weight is 483 g/mol. The van der Waals surface area contributed by atoms with Crippen molar-refractivity contribution in [3.8, 4) is 11.5 Å². The largest absolute Gasteiger partial charge is 0.497 e. The van der Waals surface area contributed by atoms with Gasteiger partial charge in [0.1, 0.15) is 11.5 Å². The lowest BCUT2D eigenvalue weighted by Gasteiger charge is -2.29. The third-order valence-corrected chi connectivity index (χ3v) is 4.44. The van der Waals surface area contributed by atoms with Gasteiger partial charge in [-0.2, -0.15) is 8.78 Å². The molecule has 5 nitrogen and oxygen atoms in total. The van der Waals surface area contributed by atoms with Crippen LogP contribution in [0.25, 0.3) is 0 Å². The van der Waals surface area contributed by atoms with Crippen LogP contribution < -0.4 is 20.1 Å². The van der Waals surface area contributed by atoms with E-state index in [1.807, 2.05) is 0 Å². The fraction of sp³-hybridized carbons (Fsp3) is 0.611. The molecule has 8 heteroatoms. The predicted molar refractivity (Wildman–Crippen MR) is 110 cm³/mol. The minimum Gasteiger partial charge on any atom is -0.497 e. The molecule has 1 aliphatic rings. The van der Waals surface area contributed by atoms with Crippen molar-refractivity contribution >= 4 is 29.9 Å². The first kappa shape index (κ1) is 22.7. The highest BCUT2D eigenvalue weighted by molar-refractivity contribution is 14.0. The highest BCUT2D eigenvalue weighted by Crippen LogP contribution is 2.26. The van der Waals surface area contributed by atoms with Crippen LogP contribution in [0, 0.1) is 5.92 Å². The predicted octanol–water partition coefficient (Wildman–Crippen LogP) is 4.16. The van der Waals surface area contributed by atoms with Crippen LogP contribution in [0.3, 0.4) is 0 Å². The average Bonchev–Trinajstić information content (AvgIpc) is 2.58. The van der Waals surface area contributed by atoms with Crippen molar-refractivity contribution in [2.45, 2.75) is 51.8 Å². The summed E-state index contributed by atoms with van der Waals surface area (Å²) in [5.41, 5.74) is 0.612. The summed E-state index contributed by atoms with van der Waals surface area (Å²) in [6.07, 6.45) is 4.71. The van der Waals surface area contributed by atoms with Crippen LogP contribution in [-0.2, 0) is 6.54 Å². The molecule has 2 atom stereocenters. The molecule has 0 spiro atoms. The SMILES string of the molecule is CN=C(NCc1ccc(OC)cc1OC(F)F)NC1CCCC(C)C1.I. The van der Waals surface area contributed by atoms with E-state index in [4.69, 9.17) is 4.74 Å². The monoisotopic (exact) mass is 483 g/mol. The van der Waals surface area contributed by atoms with Crippen molar-refractivity contribution in [1.29, 1.82) is 0 Å². The van der Waals surface area contributed by atoms with E-state index in [1.54, 1.807) is 19.2 Å². The molecule has 1 aromatic carbocycles. The lowest BCUT2D eigenvalue weighted by atomic mass is 9.87. The van der Waals surface area contributed by atoms with Crippen molar-refractivity contribution < 1.29 is 18.3 Å². The quantitative estimate of drug-likeness (QED) is 0.363. The van der Waals surface area contributed by atoms with Crippen LogP contribution in [0.2, 0.25) is 0 Å². The van der Waals surface area contributed by atoms with Gasteiger partial charge in [-0.25, -0.2) is 0 Å². The van der Waals surface area contributed by atoms with Crippen LogP contribution in [-0.4, -0.2) is 32.8 Å². The fourth-order valence-corrected chi connectivity index (χ4v) is 3.15. The normalized spacial score (nSPS) is 20.3. The number of benzene rings is 1. The van der Waals surface area contributed by atoms with Gasteiger partial charge in [-0.15, -0.1) is 24.0 Å². The Kier molecular flexibility index (Phi) is 9.97. The van der Waals surface area contributed by atoms with Gasteiger partial charge >= 0.3 is 6.61 Å². The molecule has 1 fully saturated rings. The molecule has 2 N–H and O–H groups in total. The van der Waals surface area contributed by atoms with Crippen molar-refractivity contribution in [3.63, 3.8) is 0 Å². The second kappa shape index (κ2) is 11.4. The third-order valence-electron chi connectivity index (χ3n) is 4.44. The molecule has 0 aromatic heterocycles. The Morgan fingerprint density at radius 2 is 2.12 bits per heavy atom. The number of nitrogens with zero attached hydrogens (tertiary/aromatic N) is 1. The molecule has 0 saturated heterocycles. The molecule has 2 rings (SSSR count). The van der Waals surface area contributed by atoms with Crippen LogP contribution >= 0.6 is 24.0 Å². The number of hydrogen-bond donors (Lipinski definition) is 2. The zero-order chi connectivity index (χ0) is 18.2. The van der Waals surface area contributed by atoms with Gasteiger partial charge in [0.25, 0.3) is 0 Å². The molecular formula is C18H28F2IN3O2. The number of alkyl halides is 2. The lowest BCUT2D eigenvalue weighted by molar-refractivity contribution is -0.0505. The smallest absolute Gasteiger partial charge is 0.387 e. The van der Waals surface area contributed by atoms with Crippen LogP contribution in [0.4, 0.5) is 8.78 Å².